The molecular formula is C12H21NO2. The number of carbonyl (C=O) groups excluding carboxylic acids is 1. The van der Waals surface area contributed by atoms with Gasteiger partial charge < -0.3 is 4.74 Å². The van der Waals surface area contributed by atoms with Crippen molar-refractivity contribution in [2.24, 2.45) is 0 Å². The molecule has 86 valence electrons. The van der Waals surface area contributed by atoms with Crippen LogP contribution < -0.4 is 0 Å². The number of hydrogen-bond donors (Lipinski definition) is 0. The number of nitrogens with zero attached hydrogens (tertiary/aromatic N) is 1. The minimum absolute atomic E-state index is 0.250. The van der Waals surface area contributed by atoms with Crippen LogP contribution in [0.25, 0.3) is 0 Å². The number of piperidine rings is 1. The lowest BCUT2D eigenvalue weighted by Crippen LogP contribution is -2.62. The van der Waals surface area contributed by atoms with Crippen molar-refractivity contribution < 1.29 is 9.53 Å². The smallest absolute Gasteiger partial charge is 0.136 e. The van der Waals surface area contributed by atoms with Gasteiger partial charge in [-0.2, -0.15) is 0 Å². The summed E-state index contributed by atoms with van der Waals surface area (Å²) in [5.74, 6) is 0.420. The zero-order valence-electron chi connectivity index (χ0n) is 9.90. The molecule has 0 N–H and O–H groups in total. The summed E-state index contributed by atoms with van der Waals surface area (Å²) in [6, 6.07) is 0.646. The zero-order valence-corrected chi connectivity index (χ0v) is 9.90. The summed E-state index contributed by atoms with van der Waals surface area (Å²) in [7, 11) is 2.15. The summed E-state index contributed by atoms with van der Waals surface area (Å²) in [4.78, 5) is 14.0. The Morgan fingerprint density at radius 1 is 1.20 bits per heavy atom. The van der Waals surface area contributed by atoms with Crippen LogP contribution in [-0.2, 0) is 9.53 Å². The molecular weight excluding hydrogens is 190 g/mol. The molecule has 0 unspecified atom stereocenters. The number of carbonyl (C=O) groups is 1. The lowest BCUT2D eigenvalue weighted by molar-refractivity contribution is -0.170. The van der Waals surface area contributed by atoms with Crippen molar-refractivity contribution in [2.75, 3.05) is 7.05 Å². The van der Waals surface area contributed by atoms with Crippen LogP contribution in [0.3, 0.4) is 0 Å². The second kappa shape index (κ2) is 4.22. The number of hydrogen-bond acceptors (Lipinski definition) is 3. The summed E-state index contributed by atoms with van der Waals surface area (Å²) in [5.41, 5.74) is 0. The molecule has 0 saturated carbocycles. The van der Waals surface area contributed by atoms with Crippen molar-refractivity contribution in [1.29, 1.82) is 0 Å². The Kier molecular flexibility index (Phi) is 3.12. The van der Waals surface area contributed by atoms with Gasteiger partial charge in [-0.15, -0.1) is 0 Å². The van der Waals surface area contributed by atoms with E-state index in [0.29, 0.717) is 30.7 Å². The summed E-state index contributed by atoms with van der Waals surface area (Å²) < 4.78 is 6.08. The van der Waals surface area contributed by atoms with E-state index >= 15 is 0 Å². The van der Waals surface area contributed by atoms with Gasteiger partial charge in [0, 0.05) is 24.9 Å². The minimum Gasteiger partial charge on any atom is -0.372 e. The van der Waals surface area contributed by atoms with Gasteiger partial charge in [-0.05, 0) is 19.9 Å². The van der Waals surface area contributed by atoms with Gasteiger partial charge >= 0.3 is 0 Å². The fraction of sp³-hybridized carbons (Fsp3) is 0.917. The summed E-state index contributed by atoms with van der Waals surface area (Å²) >= 11 is 0. The Hall–Kier alpha value is -0.410. The molecule has 0 radical (unpaired) electrons. The lowest BCUT2D eigenvalue weighted by atomic mass is 9.85. The highest BCUT2D eigenvalue weighted by molar-refractivity contribution is 5.80. The number of ketones is 1. The van der Waals surface area contributed by atoms with E-state index in [2.05, 4.69) is 25.8 Å². The number of ether oxygens (including phenoxy) is 1. The number of fused-ring (bicyclic) bond motifs is 2. The highest BCUT2D eigenvalue weighted by Crippen LogP contribution is 2.33. The third-order valence-corrected chi connectivity index (χ3v) is 3.93. The van der Waals surface area contributed by atoms with Gasteiger partial charge in [-0.1, -0.05) is 13.8 Å². The Balaban J connectivity index is 2.20. The van der Waals surface area contributed by atoms with Crippen LogP contribution in [0.15, 0.2) is 0 Å². The summed E-state index contributed by atoms with van der Waals surface area (Å²) in [5, 5.41) is 0. The van der Waals surface area contributed by atoms with E-state index < -0.39 is 0 Å². The first-order valence-electron chi connectivity index (χ1n) is 6.06. The third kappa shape index (κ3) is 1.83. The molecule has 0 spiro atoms. The van der Waals surface area contributed by atoms with Gasteiger partial charge in [0.05, 0.1) is 12.2 Å². The van der Waals surface area contributed by atoms with Crippen LogP contribution in [-0.4, -0.2) is 42.0 Å². The second-order valence-corrected chi connectivity index (χ2v) is 4.78. The topological polar surface area (TPSA) is 29.5 Å². The van der Waals surface area contributed by atoms with Crippen LogP contribution in [0, 0.1) is 0 Å². The minimum atomic E-state index is 0.250. The van der Waals surface area contributed by atoms with Crippen molar-refractivity contribution in [3.8, 4) is 0 Å². The maximum absolute atomic E-state index is 11.7. The maximum Gasteiger partial charge on any atom is 0.136 e. The lowest BCUT2D eigenvalue weighted by Gasteiger charge is -2.51. The highest BCUT2D eigenvalue weighted by Gasteiger charge is 2.45. The standard InChI is InChI=1S/C12H21NO2/c1-4-11-9-6-8(14)7-10(13(9)3)12(5-2)15-11/h9-12H,4-7H2,1-3H3/t9-,10+,11-,12+. The molecule has 4 atom stereocenters. The SMILES string of the molecule is CC[C@@H]1O[C@H](CC)[C@H]2CC(=O)C[C@@H]1N2C. The van der Waals surface area contributed by atoms with E-state index in [1.807, 2.05) is 0 Å². The number of morpholine rings is 1. The largest absolute Gasteiger partial charge is 0.372 e. The first-order valence-corrected chi connectivity index (χ1v) is 6.06. The predicted octanol–water partition coefficient (Wildman–Crippen LogP) is 1.61. The van der Waals surface area contributed by atoms with E-state index in [0.717, 1.165) is 12.8 Å². The third-order valence-electron chi connectivity index (χ3n) is 3.93. The Labute approximate surface area is 91.8 Å². The van der Waals surface area contributed by atoms with Crippen molar-refractivity contribution in [1.82, 2.24) is 4.90 Å². The molecule has 2 heterocycles. The van der Waals surface area contributed by atoms with Crippen LogP contribution in [0.2, 0.25) is 0 Å². The second-order valence-electron chi connectivity index (χ2n) is 4.78. The first-order chi connectivity index (χ1) is 7.17. The molecule has 3 nitrogen and oxygen atoms in total. The molecule has 2 rings (SSSR count). The van der Waals surface area contributed by atoms with Crippen molar-refractivity contribution in [3.63, 3.8) is 0 Å². The molecule has 2 aliphatic heterocycles. The van der Waals surface area contributed by atoms with Gasteiger partial charge in [0.15, 0.2) is 0 Å². The summed E-state index contributed by atoms with van der Waals surface area (Å²) in [6.45, 7) is 4.29. The molecule has 0 aliphatic carbocycles. The zero-order chi connectivity index (χ0) is 11.0. The average molecular weight is 211 g/mol. The van der Waals surface area contributed by atoms with Crippen molar-refractivity contribution in [2.45, 2.75) is 63.8 Å². The van der Waals surface area contributed by atoms with Crippen LogP contribution in [0.4, 0.5) is 0 Å². The molecule has 3 heteroatoms. The monoisotopic (exact) mass is 211 g/mol. The molecule has 2 saturated heterocycles. The fourth-order valence-electron chi connectivity index (χ4n) is 3.01. The van der Waals surface area contributed by atoms with E-state index in [9.17, 15) is 4.79 Å². The van der Waals surface area contributed by atoms with E-state index in [4.69, 9.17) is 4.74 Å². The van der Waals surface area contributed by atoms with E-state index in [1.54, 1.807) is 0 Å². The predicted molar refractivity (Wildman–Crippen MR) is 58.8 cm³/mol. The Morgan fingerprint density at radius 3 is 2.07 bits per heavy atom. The number of likely N-dealkylation sites (N-methyl/N-ethyl adjacent to an activating group) is 1. The molecule has 0 aromatic rings. The number of Topliss-reactive ketones (excluding diaryl/α,β-unsaturated/α-hetero) is 1. The fourth-order valence-corrected chi connectivity index (χ4v) is 3.01. The molecule has 0 aromatic heterocycles. The van der Waals surface area contributed by atoms with Crippen LogP contribution in [0.1, 0.15) is 39.5 Å². The Bertz CT molecular complexity index is 228. The van der Waals surface area contributed by atoms with Gasteiger partial charge in [0.1, 0.15) is 5.78 Å². The maximum atomic E-state index is 11.7. The quantitative estimate of drug-likeness (QED) is 0.695. The van der Waals surface area contributed by atoms with E-state index in [-0.39, 0.29) is 12.2 Å². The van der Waals surface area contributed by atoms with Gasteiger partial charge in [0.25, 0.3) is 0 Å². The van der Waals surface area contributed by atoms with E-state index in [1.165, 1.54) is 0 Å². The average Bonchev–Trinajstić information content (AvgIpc) is 2.21. The highest BCUT2D eigenvalue weighted by atomic mass is 16.5. The molecule has 2 aliphatic rings. The van der Waals surface area contributed by atoms with Crippen LogP contribution in [0.5, 0.6) is 0 Å². The van der Waals surface area contributed by atoms with Crippen molar-refractivity contribution >= 4 is 5.78 Å². The Morgan fingerprint density at radius 2 is 1.67 bits per heavy atom. The molecule has 2 fully saturated rings. The van der Waals surface area contributed by atoms with Crippen LogP contribution >= 0.6 is 0 Å². The number of rotatable bonds is 2. The van der Waals surface area contributed by atoms with Gasteiger partial charge in [-0.25, -0.2) is 0 Å². The van der Waals surface area contributed by atoms with Gasteiger partial charge in [-0.3, -0.25) is 9.69 Å². The summed E-state index contributed by atoms with van der Waals surface area (Å²) in [6.07, 6.45) is 3.88. The normalized spacial score (nSPS) is 41.9. The molecule has 0 amide bonds. The van der Waals surface area contributed by atoms with Gasteiger partial charge in [0.2, 0.25) is 0 Å². The first kappa shape index (κ1) is 11.1. The molecule has 2 bridgehead atoms. The molecule has 15 heavy (non-hydrogen) atoms. The van der Waals surface area contributed by atoms with Crippen molar-refractivity contribution in [3.05, 3.63) is 0 Å². The molecule has 0 aromatic carbocycles.